The zero-order valence-electron chi connectivity index (χ0n) is 13.4. The van der Waals surface area contributed by atoms with Gasteiger partial charge in [0.1, 0.15) is 4.88 Å². The third-order valence-electron chi connectivity index (χ3n) is 4.05. The van der Waals surface area contributed by atoms with Crippen LogP contribution in [0.3, 0.4) is 0 Å². The van der Waals surface area contributed by atoms with E-state index in [1.807, 2.05) is 50.2 Å². The maximum atomic E-state index is 12.8. The molecule has 23 heavy (non-hydrogen) atoms. The van der Waals surface area contributed by atoms with E-state index in [0.29, 0.717) is 9.90 Å². The van der Waals surface area contributed by atoms with Gasteiger partial charge >= 0.3 is 0 Å². The summed E-state index contributed by atoms with van der Waals surface area (Å²) < 4.78 is 1.04. The van der Waals surface area contributed by atoms with E-state index < -0.39 is 0 Å². The Morgan fingerprint density at radius 3 is 2.52 bits per heavy atom. The highest BCUT2D eigenvalue weighted by Gasteiger charge is 2.19. The fraction of sp³-hybridized carbons (Fsp3) is 0.211. The average Bonchev–Trinajstić information content (AvgIpc) is 2.87. The first-order chi connectivity index (χ1) is 11.0. The SMILES string of the molecule is CCc1cccc(C)c1NC(=O)c1sc2cccc(C)c2c1Cl. The van der Waals surface area contributed by atoms with Gasteiger partial charge in [-0.1, -0.05) is 48.9 Å². The van der Waals surface area contributed by atoms with E-state index in [4.69, 9.17) is 11.6 Å². The summed E-state index contributed by atoms with van der Waals surface area (Å²) in [5, 5.41) is 4.58. The predicted molar refractivity (Wildman–Crippen MR) is 100 cm³/mol. The van der Waals surface area contributed by atoms with Gasteiger partial charge in [0.2, 0.25) is 0 Å². The summed E-state index contributed by atoms with van der Waals surface area (Å²) in [4.78, 5) is 13.3. The van der Waals surface area contributed by atoms with Gasteiger partial charge in [0.25, 0.3) is 5.91 Å². The topological polar surface area (TPSA) is 29.1 Å². The maximum Gasteiger partial charge on any atom is 0.267 e. The van der Waals surface area contributed by atoms with Crippen molar-refractivity contribution >= 4 is 44.6 Å². The molecule has 2 nitrogen and oxygen atoms in total. The minimum Gasteiger partial charge on any atom is -0.321 e. The fourth-order valence-electron chi connectivity index (χ4n) is 2.79. The zero-order chi connectivity index (χ0) is 16.6. The summed E-state index contributed by atoms with van der Waals surface area (Å²) in [7, 11) is 0. The van der Waals surface area contributed by atoms with Crippen molar-refractivity contribution < 1.29 is 4.79 Å². The minimum absolute atomic E-state index is 0.139. The molecular weight excluding hydrogens is 326 g/mol. The second-order valence-corrected chi connectivity index (χ2v) is 7.04. The first kappa shape index (κ1) is 16.0. The first-order valence-corrected chi connectivity index (χ1v) is 8.79. The summed E-state index contributed by atoms with van der Waals surface area (Å²) in [5.74, 6) is -0.139. The molecule has 0 unspecified atom stereocenters. The molecule has 1 heterocycles. The molecule has 1 amide bonds. The molecule has 3 rings (SSSR count). The van der Waals surface area contributed by atoms with Crippen LogP contribution in [0.5, 0.6) is 0 Å². The van der Waals surface area contributed by atoms with Crippen LogP contribution in [-0.2, 0) is 6.42 Å². The highest BCUT2D eigenvalue weighted by Crippen LogP contribution is 2.37. The Morgan fingerprint density at radius 1 is 1.13 bits per heavy atom. The van der Waals surface area contributed by atoms with Gasteiger partial charge in [-0.05, 0) is 43.0 Å². The number of anilines is 1. The Balaban J connectivity index is 2.02. The summed E-state index contributed by atoms with van der Waals surface area (Å²) >= 11 is 7.93. The van der Waals surface area contributed by atoms with E-state index in [9.17, 15) is 4.79 Å². The molecule has 0 fully saturated rings. The standard InChI is InChI=1S/C19H18ClNOS/c1-4-13-9-5-8-12(3)17(13)21-19(22)18-16(20)15-11(2)7-6-10-14(15)23-18/h5-10H,4H2,1-3H3,(H,21,22). The number of thiophene rings is 1. The monoisotopic (exact) mass is 343 g/mol. The minimum atomic E-state index is -0.139. The van der Waals surface area contributed by atoms with Gasteiger partial charge in [0.05, 0.1) is 5.02 Å². The Kier molecular flexibility index (Phi) is 4.42. The van der Waals surface area contributed by atoms with Crippen molar-refractivity contribution in [2.45, 2.75) is 27.2 Å². The largest absolute Gasteiger partial charge is 0.321 e. The molecule has 0 aliphatic heterocycles. The van der Waals surface area contributed by atoms with Gasteiger partial charge < -0.3 is 5.32 Å². The van der Waals surface area contributed by atoms with Crippen LogP contribution in [0, 0.1) is 13.8 Å². The van der Waals surface area contributed by atoms with Gasteiger partial charge in [-0.2, -0.15) is 0 Å². The molecule has 1 aromatic heterocycles. The first-order valence-electron chi connectivity index (χ1n) is 7.60. The van der Waals surface area contributed by atoms with Crippen LogP contribution >= 0.6 is 22.9 Å². The van der Waals surface area contributed by atoms with E-state index in [2.05, 4.69) is 12.2 Å². The lowest BCUT2D eigenvalue weighted by Crippen LogP contribution is -2.13. The van der Waals surface area contributed by atoms with Crippen LogP contribution in [0.25, 0.3) is 10.1 Å². The predicted octanol–water partition coefficient (Wildman–Crippen LogP) is 5.99. The van der Waals surface area contributed by atoms with Crippen LogP contribution < -0.4 is 5.32 Å². The molecule has 0 bridgehead atoms. The number of para-hydroxylation sites is 1. The maximum absolute atomic E-state index is 12.8. The fourth-order valence-corrected chi connectivity index (χ4v) is 4.37. The van der Waals surface area contributed by atoms with Gasteiger partial charge in [-0.25, -0.2) is 0 Å². The van der Waals surface area contributed by atoms with Crippen molar-refractivity contribution in [2.75, 3.05) is 5.32 Å². The highest BCUT2D eigenvalue weighted by molar-refractivity contribution is 7.21. The lowest BCUT2D eigenvalue weighted by molar-refractivity contribution is 0.103. The van der Waals surface area contributed by atoms with Crippen LogP contribution in [0.4, 0.5) is 5.69 Å². The zero-order valence-corrected chi connectivity index (χ0v) is 14.9. The van der Waals surface area contributed by atoms with E-state index >= 15 is 0 Å². The number of hydrogen-bond acceptors (Lipinski definition) is 2. The Labute approximate surface area is 145 Å². The molecule has 4 heteroatoms. The summed E-state index contributed by atoms with van der Waals surface area (Å²) in [6.07, 6.45) is 0.872. The van der Waals surface area contributed by atoms with Crippen LogP contribution in [-0.4, -0.2) is 5.91 Å². The van der Waals surface area contributed by atoms with Crippen LogP contribution in [0.15, 0.2) is 36.4 Å². The number of benzene rings is 2. The number of rotatable bonds is 3. The van der Waals surface area contributed by atoms with E-state index in [0.717, 1.165) is 38.9 Å². The van der Waals surface area contributed by atoms with Crippen molar-refractivity contribution in [1.29, 1.82) is 0 Å². The van der Waals surface area contributed by atoms with E-state index in [1.165, 1.54) is 11.3 Å². The van der Waals surface area contributed by atoms with Crippen molar-refractivity contribution in [3.8, 4) is 0 Å². The number of aryl methyl sites for hydroxylation is 3. The molecule has 0 radical (unpaired) electrons. The summed E-state index contributed by atoms with van der Waals surface area (Å²) in [5.41, 5.74) is 4.18. The second kappa shape index (κ2) is 6.34. The van der Waals surface area contributed by atoms with E-state index in [1.54, 1.807) is 0 Å². The van der Waals surface area contributed by atoms with Crippen molar-refractivity contribution in [2.24, 2.45) is 0 Å². The van der Waals surface area contributed by atoms with Gasteiger partial charge in [0.15, 0.2) is 0 Å². The summed E-state index contributed by atoms with van der Waals surface area (Å²) in [6.45, 7) is 6.10. The number of halogens is 1. The molecule has 2 aromatic carbocycles. The van der Waals surface area contributed by atoms with E-state index in [-0.39, 0.29) is 5.91 Å². The smallest absolute Gasteiger partial charge is 0.267 e. The molecule has 0 saturated heterocycles. The molecule has 0 aliphatic carbocycles. The highest BCUT2D eigenvalue weighted by atomic mass is 35.5. The third kappa shape index (κ3) is 2.87. The Hall–Kier alpha value is -1.84. The average molecular weight is 344 g/mol. The summed E-state index contributed by atoms with van der Waals surface area (Å²) in [6, 6.07) is 12.1. The lowest BCUT2D eigenvalue weighted by Gasteiger charge is -2.12. The molecule has 0 aliphatic rings. The number of hydrogen-bond donors (Lipinski definition) is 1. The Morgan fingerprint density at radius 2 is 1.83 bits per heavy atom. The quantitative estimate of drug-likeness (QED) is 0.622. The van der Waals surface area contributed by atoms with Gasteiger partial charge in [-0.15, -0.1) is 11.3 Å². The van der Waals surface area contributed by atoms with Crippen molar-refractivity contribution in [1.82, 2.24) is 0 Å². The van der Waals surface area contributed by atoms with Crippen LogP contribution in [0.2, 0.25) is 5.02 Å². The lowest BCUT2D eigenvalue weighted by atomic mass is 10.1. The second-order valence-electron chi connectivity index (χ2n) is 5.61. The van der Waals surface area contributed by atoms with Crippen molar-refractivity contribution in [3.63, 3.8) is 0 Å². The number of nitrogens with one attached hydrogen (secondary N) is 1. The number of carbonyl (C=O) groups is 1. The molecular formula is C19H18ClNOS. The Bertz CT molecular complexity index is 898. The number of fused-ring (bicyclic) bond motifs is 1. The molecule has 0 saturated carbocycles. The number of amides is 1. The number of carbonyl (C=O) groups excluding carboxylic acids is 1. The molecule has 118 valence electrons. The molecule has 3 aromatic rings. The normalized spacial score (nSPS) is 11.0. The van der Waals surface area contributed by atoms with Gasteiger partial charge in [-0.3, -0.25) is 4.79 Å². The molecule has 1 N–H and O–H groups in total. The molecule has 0 spiro atoms. The molecule has 0 atom stereocenters. The third-order valence-corrected chi connectivity index (χ3v) is 5.69. The van der Waals surface area contributed by atoms with Gasteiger partial charge in [0, 0.05) is 15.8 Å². The van der Waals surface area contributed by atoms with Crippen molar-refractivity contribution in [3.05, 3.63) is 63.0 Å². The van der Waals surface area contributed by atoms with Crippen LogP contribution in [0.1, 0.15) is 33.3 Å².